The average molecular weight is 569 g/mol. The molecular formula is C21H37IN4O4S. The van der Waals surface area contributed by atoms with Crippen molar-refractivity contribution in [3.05, 3.63) is 29.8 Å². The third-order valence-electron chi connectivity index (χ3n) is 4.80. The summed E-state index contributed by atoms with van der Waals surface area (Å²) in [5.74, 6) is 1.29. The number of rotatable bonds is 12. The number of nitrogens with zero attached hydrogens (tertiary/aromatic N) is 1. The number of ether oxygens (including phenoxy) is 2. The van der Waals surface area contributed by atoms with Crippen LogP contribution in [0.15, 0.2) is 34.2 Å². The van der Waals surface area contributed by atoms with E-state index in [1.807, 2.05) is 13.8 Å². The summed E-state index contributed by atoms with van der Waals surface area (Å²) in [5.41, 5.74) is 1.02. The molecular weight excluding hydrogens is 531 g/mol. The molecule has 0 saturated carbocycles. The smallest absolute Gasteiger partial charge is 0.240 e. The molecule has 1 aliphatic rings. The molecule has 0 aromatic heterocycles. The second-order valence-electron chi connectivity index (χ2n) is 7.38. The fourth-order valence-corrected chi connectivity index (χ4v) is 4.06. The molecule has 0 aliphatic carbocycles. The first kappa shape index (κ1) is 28.1. The Morgan fingerprint density at radius 3 is 2.55 bits per heavy atom. The Bertz CT molecular complexity index is 738. The van der Waals surface area contributed by atoms with Gasteiger partial charge in [0.2, 0.25) is 10.0 Å². The van der Waals surface area contributed by atoms with E-state index in [-0.39, 0.29) is 35.4 Å². The molecule has 1 fully saturated rings. The van der Waals surface area contributed by atoms with Gasteiger partial charge in [0.25, 0.3) is 0 Å². The van der Waals surface area contributed by atoms with Crippen molar-refractivity contribution in [3.8, 4) is 0 Å². The molecule has 1 aliphatic heterocycles. The first-order valence-corrected chi connectivity index (χ1v) is 12.2. The van der Waals surface area contributed by atoms with Crippen LogP contribution in [0.4, 0.5) is 0 Å². The van der Waals surface area contributed by atoms with Gasteiger partial charge in [0.1, 0.15) is 0 Å². The Morgan fingerprint density at radius 2 is 1.87 bits per heavy atom. The van der Waals surface area contributed by atoms with Gasteiger partial charge >= 0.3 is 0 Å². The Morgan fingerprint density at radius 1 is 1.16 bits per heavy atom. The summed E-state index contributed by atoms with van der Waals surface area (Å²) in [6.07, 6.45) is 3.01. The molecule has 0 bridgehead atoms. The molecule has 1 saturated heterocycles. The number of hydrogen-bond donors (Lipinski definition) is 3. The van der Waals surface area contributed by atoms with Gasteiger partial charge in [0.05, 0.1) is 4.90 Å². The Hall–Kier alpha value is -0.950. The summed E-state index contributed by atoms with van der Waals surface area (Å²) in [7, 11) is -3.50. The van der Waals surface area contributed by atoms with Crippen LogP contribution in [0.3, 0.4) is 0 Å². The molecule has 1 heterocycles. The molecule has 10 heteroatoms. The van der Waals surface area contributed by atoms with Gasteiger partial charge in [-0.1, -0.05) is 17.7 Å². The summed E-state index contributed by atoms with van der Waals surface area (Å²) in [5, 5.41) is 6.32. The minimum Gasteiger partial charge on any atom is -0.381 e. The second kappa shape index (κ2) is 15.8. The van der Waals surface area contributed by atoms with Gasteiger partial charge in [0.15, 0.2) is 5.96 Å². The topological polar surface area (TPSA) is 101 Å². The fourth-order valence-electron chi connectivity index (χ4n) is 3.03. The molecule has 0 atom stereocenters. The van der Waals surface area contributed by atoms with E-state index >= 15 is 0 Å². The van der Waals surface area contributed by atoms with E-state index in [1.54, 1.807) is 24.3 Å². The molecule has 0 radical (unpaired) electrons. The maximum Gasteiger partial charge on any atom is 0.240 e. The largest absolute Gasteiger partial charge is 0.381 e. The predicted octanol–water partition coefficient (Wildman–Crippen LogP) is 2.28. The molecule has 1 aromatic rings. The van der Waals surface area contributed by atoms with Crippen molar-refractivity contribution < 1.29 is 17.9 Å². The SMILES string of the molecule is CCNC(=NCCCOCC1CCOCC1)NCCNS(=O)(=O)c1ccc(C)cc1.I. The maximum absolute atomic E-state index is 12.3. The zero-order valence-corrected chi connectivity index (χ0v) is 21.7. The van der Waals surface area contributed by atoms with Gasteiger partial charge in [-0.3, -0.25) is 4.99 Å². The minimum atomic E-state index is -3.50. The van der Waals surface area contributed by atoms with Crippen LogP contribution in [0.2, 0.25) is 0 Å². The minimum absolute atomic E-state index is 0. The summed E-state index contributed by atoms with van der Waals surface area (Å²) < 4.78 is 38.3. The lowest BCUT2D eigenvalue weighted by Gasteiger charge is -2.21. The molecule has 0 amide bonds. The van der Waals surface area contributed by atoms with E-state index < -0.39 is 10.0 Å². The lowest BCUT2D eigenvalue weighted by Crippen LogP contribution is -2.41. The highest BCUT2D eigenvalue weighted by Crippen LogP contribution is 2.14. The number of guanidine groups is 1. The normalized spacial score (nSPS) is 15.4. The third kappa shape index (κ3) is 11.5. The molecule has 3 N–H and O–H groups in total. The highest BCUT2D eigenvalue weighted by atomic mass is 127. The number of hydrogen-bond acceptors (Lipinski definition) is 5. The first-order chi connectivity index (χ1) is 14.5. The lowest BCUT2D eigenvalue weighted by molar-refractivity contribution is 0.0205. The zero-order valence-electron chi connectivity index (χ0n) is 18.6. The van der Waals surface area contributed by atoms with E-state index in [4.69, 9.17) is 9.47 Å². The fraction of sp³-hybridized carbons (Fsp3) is 0.667. The highest BCUT2D eigenvalue weighted by molar-refractivity contribution is 14.0. The number of aliphatic imine (C=N–C) groups is 1. The molecule has 2 rings (SSSR count). The quantitative estimate of drug-likeness (QED) is 0.155. The third-order valence-corrected chi connectivity index (χ3v) is 6.27. The standard InChI is InChI=1S/C21H36N4O4S.HI/c1-3-22-21(23-11-4-14-29-17-19-9-15-28-16-10-19)24-12-13-25-30(26,27)20-7-5-18(2)6-8-20;/h5-8,19,25H,3-4,9-17H2,1-2H3,(H2,22,23,24);1H. The summed E-state index contributed by atoms with van der Waals surface area (Å²) in [4.78, 5) is 4.79. The Balaban J connectivity index is 0.00000480. The first-order valence-electron chi connectivity index (χ1n) is 10.7. The number of sulfonamides is 1. The van der Waals surface area contributed by atoms with Crippen LogP contribution in [0, 0.1) is 12.8 Å². The monoisotopic (exact) mass is 568 g/mol. The summed E-state index contributed by atoms with van der Waals surface area (Å²) >= 11 is 0. The Labute approximate surface area is 204 Å². The van der Waals surface area contributed by atoms with Crippen LogP contribution in [-0.4, -0.2) is 67.0 Å². The second-order valence-corrected chi connectivity index (χ2v) is 9.15. The Kier molecular flexibility index (Phi) is 14.3. The molecule has 0 unspecified atom stereocenters. The molecule has 8 nitrogen and oxygen atoms in total. The number of aryl methyl sites for hydroxylation is 1. The average Bonchev–Trinajstić information content (AvgIpc) is 2.74. The number of nitrogens with one attached hydrogen (secondary N) is 3. The summed E-state index contributed by atoms with van der Waals surface area (Å²) in [6.45, 7) is 9.20. The number of halogens is 1. The van der Waals surface area contributed by atoms with E-state index in [0.717, 1.165) is 51.2 Å². The van der Waals surface area contributed by atoms with Crippen LogP contribution in [0.25, 0.3) is 0 Å². The predicted molar refractivity (Wildman–Crippen MR) is 135 cm³/mol. The van der Waals surface area contributed by atoms with Crippen molar-refractivity contribution in [1.29, 1.82) is 0 Å². The van der Waals surface area contributed by atoms with Crippen LogP contribution in [0.1, 0.15) is 31.7 Å². The van der Waals surface area contributed by atoms with Crippen LogP contribution >= 0.6 is 24.0 Å². The van der Waals surface area contributed by atoms with Crippen molar-refractivity contribution in [1.82, 2.24) is 15.4 Å². The van der Waals surface area contributed by atoms with Gasteiger partial charge in [-0.05, 0) is 51.2 Å². The molecule has 31 heavy (non-hydrogen) atoms. The van der Waals surface area contributed by atoms with E-state index in [2.05, 4.69) is 20.3 Å². The van der Waals surface area contributed by atoms with Crippen LogP contribution < -0.4 is 15.4 Å². The van der Waals surface area contributed by atoms with Gasteiger partial charge in [0, 0.05) is 52.6 Å². The van der Waals surface area contributed by atoms with Crippen molar-refractivity contribution >= 4 is 40.0 Å². The van der Waals surface area contributed by atoms with E-state index in [9.17, 15) is 8.42 Å². The maximum atomic E-state index is 12.3. The van der Waals surface area contributed by atoms with Crippen LogP contribution in [0.5, 0.6) is 0 Å². The van der Waals surface area contributed by atoms with E-state index in [0.29, 0.717) is 31.6 Å². The van der Waals surface area contributed by atoms with Gasteiger partial charge in [-0.25, -0.2) is 13.1 Å². The molecule has 0 spiro atoms. The lowest BCUT2D eigenvalue weighted by atomic mass is 10.0. The molecule has 178 valence electrons. The van der Waals surface area contributed by atoms with Gasteiger partial charge in [-0.2, -0.15) is 0 Å². The zero-order chi connectivity index (χ0) is 21.7. The van der Waals surface area contributed by atoms with Gasteiger partial charge < -0.3 is 20.1 Å². The van der Waals surface area contributed by atoms with Crippen molar-refractivity contribution in [2.24, 2.45) is 10.9 Å². The van der Waals surface area contributed by atoms with Crippen molar-refractivity contribution in [2.75, 3.05) is 52.6 Å². The van der Waals surface area contributed by atoms with Crippen molar-refractivity contribution in [2.45, 2.75) is 38.0 Å². The number of benzene rings is 1. The van der Waals surface area contributed by atoms with E-state index in [1.165, 1.54) is 0 Å². The summed E-state index contributed by atoms with van der Waals surface area (Å²) in [6, 6.07) is 6.80. The highest BCUT2D eigenvalue weighted by Gasteiger charge is 2.14. The van der Waals surface area contributed by atoms with Gasteiger partial charge in [-0.15, -0.1) is 24.0 Å². The van der Waals surface area contributed by atoms with Crippen molar-refractivity contribution in [3.63, 3.8) is 0 Å². The van der Waals surface area contributed by atoms with Crippen LogP contribution in [-0.2, 0) is 19.5 Å². The molecule has 1 aromatic carbocycles.